The topological polar surface area (TPSA) is 41.1 Å². The highest BCUT2D eigenvalue weighted by Gasteiger charge is 2.37. The fraction of sp³-hybridized carbons (Fsp3) is 0.400. The summed E-state index contributed by atoms with van der Waals surface area (Å²) in [5.74, 6) is 0.0155. The minimum Gasteiger partial charge on any atom is -0.302 e. The van der Waals surface area contributed by atoms with Gasteiger partial charge in [-0.3, -0.25) is 10.2 Å². The highest BCUT2D eigenvalue weighted by molar-refractivity contribution is 5.89. The predicted octanol–water partition coefficient (Wildman–Crippen LogP) is 2.64. The molecule has 1 amide bonds. The summed E-state index contributed by atoms with van der Waals surface area (Å²) in [7, 11) is 0. The van der Waals surface area contributed by atoms with E-state index in [0.29, 0.717) is 0 Å². The van der Waals surface area contributed by atoms with Crippen LogP contribution in [0.2, 0.25) is 0 Å². The highest BCUT2D eigenvalue weighted by Crippen LogP contribution is 2.30. The Labute approximate surface area is 108 Å². The molecule has 1 aliphatic rings. The molecule has 1 aliphatic heterocycles. The molecule has 0 radical (unpaired) electrons. The first-order valence-corrected chi connectivity index (χ1v) is 6.42. The van der Waals surface area contributed by atoms with Gasteiger partial charge in [0.2, 0.25) is 5.91 Å². The van der Waals surface area contributed by atoms with Crippen LogP contribution in [0.4, 0.5) is 0 Å². The highest BCUT2D eigenvalue weighted by atomic mass is 16.2. The number of carbonyl (C=O) groups is 1. The van der Waals surface area contributed by atoms with Crippen molar-refractivity contribution in [3.63, 3.8) is 0 Å². The summed E-state index contributed by atoms with van der Waals surface area (Å²) in [6, 6.07) is 8.33. The fourth-order valence-electron chi connectivity index (χ4n) is 2.10. The van der Waals surface area contributed by atoms with Gasteiger partial charge in [0.05, 0.1) is 5.41 Å². The first kappa shape index (κ1) is 12.7. The molecular formula is C15H20N2O. The van der Waals surface area contributed by atoms with Gasteiger partial charge in [-0.15, -0.1) is 0 Å². The second-order valence-electron chi connectivity index (χ2n) is 5.21. The molecule has 0 aliphatic carbocycles. The zero-order valence-corrected chi connectivity index (χ0v) is 11.2. The normalized spacial score (nSPS) is 19.7. The Hall–Kier alpha value is -1.77. The van der Waals surface area contributed by atoms with Crippen LogP contribution in [0.15, 0.2) is 30.0 Å². The van der Waals surface area contributed by atoms with Crippen LogP contribution in [0.25, 0.3) is 6.08 Å². The summed E-state index contributed by atoms with van der Waals surface area (Å²) in [5, 5.41) is 0. The molecule has 0 atom stereocenters. The van der Waals surface area contributed by atoms with E-state index in [1.54, 1.807) is 0 Å². The number of hydrazine groups is 1. The van der Waals surface area contributed by atoms with Crippen molar-refractivity contribution in [1.29, 1.82) is 0 Å². The molecular weight excluding hydrogens is 224 g/mol. The number of rotatable bonds is 3. The molecule has 0 unspecified atom stereocenters. The Bertz CT molecular complexity index is 489. The van der Waals surface area contributed by atoms with Crippen LogP contribution < -0.4 is 10.9 Å². The molecule has 1 fully saturated rings. The minimum absolute atomic E-state index is 0.0155. The van der Waals surface area contributed by atoms with Gasteiger partial charge in [0.25, 0.3) is 0 Å². The Kier molecular flexibility index (Phi) is 3.41. The lowest BCUT2D eigenvalue weighted by Crippen LogP contribution is -2.28. The lowest BCUT2D eigenvalue weighted by molar-refractivity contribution is -0.125. The molecule has 2 rings (SSSR count). The van der Waals surface area contributed by atoms with E-state index in [1.807, 2.05) is 19.9 Å². The van der Waals surface area contributed by atoms with E-state index in [4.69, 9.17) is 0 Å². The quantitative estimate of drug-likeness (QED) is 0.858. The molecule has 2 N–H and O–H groups in total. The van der Waals surface area contributed by atoms with Gasteiger partial charge >= 0.3 is 0 Å². The smallest absolute Gasteiger partial charge is 0.249 e. The number of nitrogens with one attached hydrogen (secondary N) is 2. The first-order chi connectivity index (χ1) is 8.55. The molecule has 3 nitrogen and oxygen atoms in total. The van der Waals surface area contributed by atoms with E-state index in [1.165, 1.54) is 11.1 Å². The van der Waals surface area contributed by atoms with Gasteiger partial charge in [-0.1, -0.05) is 37.6 Å². The van der Waals surface area contributed by atoms with Gasteiger partial charge in [0.1, 0.15) is 0 Å². The van der Waals surface area contributed by atoms with Crippen molar-refractivity contribution in [1.82, 2.24) is 10.9 Å². The van der Waals surface area contributed by atoms with Crippen LogP contribution in [0.5, 0.6) is 0 Å². The van der Waals surface area contributed by atoms with E-state index in [2.05, 4.69) is 42.1 Å². The SMILES string of the molecule is CCCc1ccccc1/C=C1\NNC(=O)C1(C)C. The summed E-state index contributed by atoms with van der Waals surface area (Å²) in [5.41, 5.74) is 8.60. The van der Waals surface area contributed by atoms with Crippen molar-refractivity contribution in [2.75, 3.05) is 0 Å². The number of hydrogen-bond donors (Lipinski definition) is 2. The van der Waals surface area contributed by atoms with Crippen molar-refractivity contribution in [3.8, 4) is 0 Å². The summed E-state index contributed by atoms with van der Waals surface area (Å²) in [6.07, 6.45) is 4.25. The summed E-state index contributed by atoms with van der Waals surface area (Å²) < 4.78 is 0. The molecule has 1 saturated heterocycles. The summed E-state index contributed by atoms with van der Waals surface area (Å²) >= 11 is 0. The lowest BCUT2D eigenvalue weighted by atomic mass is 9.88. The van der Waals surface area contributed by atoms with Crippen molar-refractivity contribution in [2.24, 2.45) is 5.41 Å². The lowest BCUT2D eigenvalue weighted by Gasteiger charge is -2.15. The van der Waals surface area contributed by atoms with Crippen LogP contribution >= 0.6 is 0 Å². The van der Waals surface area contributed by atoms with Gasteiger partial charge in [-0.05, 0) is 37.5 Å². The first-order valence-electron chi connectivity index (χ1n) is 6.42. The molecule has 0 bridgehead atoms. The summed E-state index contributed by atoms with van der Waals surface area (Å²) in [6.45, 7) is 6.03. The van der Waals surface area contributed by atoms with Crippen LogP contribution in [-0.2, 0) is 11.2 Å². The molecule has 0 spiro atoms. The average molecular weight is 244 g/mol. The maximum Gasteiger partial charge on any atom is 0.249 e. The number of benzene rings is 1. The third kappa shape index (κ3) is 2.26. The van der Waals surface area contributed by atoms with E-state index in [-0.39, 0.29) is 5.91 Å². The Morgan fingerprint density at radius 1 is 1.22 bits per heavy atom. The van der Waals surface area contributed by atoms with Crippen molar-refractivity contribution in [2.45, 2.75) is 33.6 Å². The number of amides is 1. The molecule has 1 aromatic rings. The summed E-state index contributed by atoms with van der Waals surface area (Å²) in [4.78, 5) is 11.7. The second kappa shape index (κ2) is 4.84. The Morgan fingerprint density at radius 3 is 2.56 bits per heavy atom. The van der Waals surface area contributed by atoms with Crippen LogP contribution in [0.1, 0.15) is 38.3 Å². The Morgan fingerprint density at radius 2 is 1.94 bits per heavy atom. The molecule has 1 heterocycles. The molecule has 96 valence electrons. The largest absolute Gasteiger partial charge is 0.302 e. The maximum atomic E-state index is 11.7. The van der Waals surface area contributed by atoms with Crippen LogP contribution in [0.3, 0.4) is 0 Å². The van der Waals surface area contributed by atoms with E-state index < -0.39 is 5.41 Å². The van der Waals surface area contributed by atoms with Crippen molar-refractivity contribution < 1.29 is 4.79 Å². The standard InChI is InChI=1S/C15H20N2O/c1-4-7-11-8-5-6-9-12(11)10-13-15(2,3)14(18)17-16-13/h5-6,8-10,16H,4,7H2,1-3H3,(H,17,18)/b13-10-. The second-order valence-corrected chi connectivity index (χ2v) is 5.21. The zero-order valence-electron chi connectivity index (χ0n) is 11.2. The van der Waals surface area contributed by atoms with Crippen LogP contribution in [-0.4, -0.2) is 5.91 Å². The van der Waals surface area contributed by atoms with E-state index in [0.717, 1.165) is 18.5 Å². The van der Waals surface area contributed by atoms with Gasteiger partial charge in [0, 0.05) is 5.70 Å². The van der Waals surface area contributed by atoms with Crippen LogP contribution in [0, 0.1) is 5.41 Å². The minimum atomic E-state index is -0.487. The fourth-order valence-corrected chi connectivity index (χ4v) is 2.10. The molecule has 18 heavy (non-hydrogen) atoms. The number of aryl methyl sites for hydroxylation is 1. The molecule has 0 saturated carbocycles. The third-order valence-corrected chi connectivity index (χ3v) is 3.43. The molecule has 1 aromatic carbocycles. The van der Waals surface area contributed by atoms with Gasteiger partial charge < -0.3 is 5.43 Å². The number of hydrogen-bond acceptors (Lipinski definition) is 2. The maximum absolute atomic E-state index is 11.7. The van der Waals surface area contributed by atoms with Gasteiger partial charge in [-0.2, -0.15) is 0 Å². The molecule has 0 aromatic heterocycles. The van der Waals surface area contributed by atoms with Crippen molar-refractivity contribution >= 4 is 12.0 Å². The van der Waals surface area contributed by atoms with E-state index in [9.17, 15) is 4.79 Å². The predicted molar refractivity (Wildman–Crippen MR) is 73.5 cm³/mol. The van der Waals surface area contributed by atoms with Gasteiger partial charge in [-0.25, -0.2) is 0 Å². The van der Waals surface area contributed by atoms with Crippen molar-refractivity contribution in [3.05, 3.63) is 41.1 Å². The third-order valence-electron chi connectivity index (χ3n) is 3.43. The van der Waals surface area contributed by atoms with Gasteiger partial charge in [0.15, 0.2) is 0 Å². The zero-order chi connectivity index (χ0) is 13.2. The van der Waals surface area contributed by atoms with E-state index >= 15 is 0 Å². The molecule has 3 heteroatoms. The monoisotopic (exact) mass is 244 g/mol. The number of carbonyl (C=O) groups excluding carboxylic acids is 1. The average Bonchev–Trinajstić information content (AvgIpc) is 2.59. The Balaban J connectivity index is 2.36.